The molecule has 1 saturated carbocycles. The first-order valence-corrected chi connectivity index (χ1v) is 7.00. The average molecular weight is 270 g/mol. The largest absolute Gasteiger partial charge is 0.480 e. The first-order valence-electron chi connectivity index (χ1n) is 7.00. The summed E-state index contributed by atoms with van der Waals surface area (Å²) in [6, 6.07) is -0.314. The maximum absolute atomic E-state index is 12.0. The second-order valence-electron chi connectivity index (χ2n) is 6.25. The van der Waals surface area contributed by atoms with Crippen molar-refractivity contribution in [3.8, 4) is 0 Å². The molecule has 5 heteroatoms. The number of hydrogen-bond donors (Lipinski definition) is 2. The van der Waals surface area contributed by atoms with Crippen LogP contribution in [0.15, 0.2) is 0 Å². The normalized spacial score (nSPS) is 23.8. The molecule has 0 aliphatic heterocycles. The van der Waals surface area contributed by atoms with Gasteiger partial charge in [-0.05, 0) is 38.5 Å². The number of nitrogens with zero attached hydrogens (tertiary/aromatic N) is 1. The summed E-state index contributed by atoms with van der Waals surface area (Å²) in [6.07, 6.45) is 4.79. The van der Waals surface area contributed by atoms with Crippen LogP contribution < -0.4 is 5.32 Å². The number of carbonyl (C=O) groups excluding carboxylic acids is 1. The van der Waals surface area contributed by atoms with E-state index in [0.29, 0.717) is 12.5 Å². The zero-order valence-electron chi connectivity index (χ0n) is 12.4. The molecule has 1 fully saturated rings. The zero-order valence-corrected chi connectivity index (χ0v) is 12.4. The first kappa shape index (κ1) is 15.8. The lowest BCUT2D eigenvalue weighted by molar-refractivity contribution is -0.146. The molecule has 1 aliphatic rings. The quantitative estimate of drug-likeness (QED) is 0.823. The summed E-state index contributed by atoms with van der Waals surface area (Å²) in [5, 5.41) is 11.9. The Balaban J connectivity index is 2.44. The van der Waals surface area contributed by atoms with Gasteiger partial charge in [0.25, 0.3) is 0 Å². The van der Waals surface area contributed by atoms with Gasteiger partial charge in [0.1, 0.15) is 5.54 Å². The Labute approximate surface area is 115 Å². The van der Waals surface area contributed by atoms with E-state index < -0.39 is 11.5 Å². The third-order valence-electron chi connectivity index (χ3n) is 4.25. The van der Waals surface area contributed by atoms with Crippen molar-refractivity contribution in [2.75, 3.05) is 13.6 Å². The lowest BCUT2D eigenvalue weighted by Gasteiger charge is -2.33. The molecular weight excluding hydrogens is 244 g/mol. The van der Waals surface area contributed by atoms with Crippen LogP contribution in [0.3, 0.4) is 0 Å². The van der Waals surface area contributed by atoms with Crippen LogP contribution in [0.1, 0.15) is 46.5 Å². The van der Waals surface area contributed by atoms with Gasteiger partial charge in [-0.1, -0.05) is 19.8 Å². The van der Waals surface area contributed by atoms with Gasteiger partial charge in [-0.25, -0.2) is 9.59 Å². The smallest absolute Gasteiger partial charge is 0.329 e. The van der Waals surface area contributed by atoms with E-state index in [1.54, 1.807) is 0 Å². The summed E-state index contributed by atoms with van der Waals surface area (Å²) in [4.78, 5) is 24.3. The Bertz CT molecular complexity index is 342. The average Bonchev–Trinajstić information content (AvgIpc) is 2.34. The van der Waals surface area contributed by atoms with Gasteiger partial charge in [0.2, 0.25) is 0 Å². The minimum Gasteiger partial charge on any atom is -0.480 e. The monoisotopic (exact) mass is 270 g/mol. The van der Waals surface area contributed by atoms with Crippen molar-refractivity contribution in [2.24, 2.45) is 11.8 Å². The molecule has 0 aromatic heterocycles. The van der Waals surface area contributed by atoms with E-state index in [9.17, 15) is 9.59 Å². The molecule has 110 valence electrons. The van der Waals surface area contributed by atoms with Crippen molar-refractivity contribution in [2.45, 2.75) is 52.0 Å². The molecule has 0 spiro atoms. The van der Waals surface area contributed by atoms with Crippen molar-refractivity contribution in [1.82, 2.24) is 10.2 Å². The molecule has 2 unspecified atom stereocenters. The highest BCUT2D eigenvalue weighted by Crippen LogP contribution is 2.28. The van der Waals surface area contributed by atoms with Crippen LogP contribution in [-0.2, 0) is 4.79 Å². The van der Waals surface area contributed by atoms with E-state index in [1.165, 1.54) is 38.6 Å². The molecule has 0 bridgehead atoms. The molecule has 1 rings (SSSR count). The fourth-order valence-corrected chi connectivity index (χ4v) is 2.49. The minimum atomic E-state index is -1.19. The summed E-state index contributed by atoms with van der Waals surface area (Å²) in [5.74, 6) is 0.245. The Morgan fingerprint density at radius 3 is 2.53 bits per heavy atom. The van der Waals surface area contributed by atoms with E-state index in [2.05, 4.69) is 12.2 Å². The molecule has 0 heterocycles. The SMILES string of the molecule is CC1CCCC(CNC(=O)N(C)C(C)(C)C(=O)O)C1. The molecule has 0 aromatic rings. The lowest BCUT2D eigenvalue weighted by Crippen LogP contribution is -2.54. The van der Waals surface area contributed by atoms with Crippen molar-refractivity contribution in [1.29, 1.82) is 0 Å². The fourth-order valence-electron chi connectivity index (χ4n) is 2.49. The molecule has 0 radical (unpaired) electrons. The summed E-state index contributed by atoms with van der Waals surface area (Å²) in [5.41, 5.74) is -1.19. The molecule has 19 heavy (non-hydrogen) atoms. The fraction of sp³-hybridized carbons (Fsp3) is 0.857. The Hall–Kier alpha value is -1.26. The van der Waals surface area contributed by atoms with Crippen LogP contribution in [0, 0.1) is 11.8 Å². The van der Waals surface area contributed by atoms with Crippen molar-refractivity contribution in [3.63, 3.8) is 0 Å². The van der Waals surface area contributed by atoms with Gasteiger partial charge in [-0.15, -0.1) is 0 Å². The van der Waals surface area contributed by atoms with Crippen LogP contribution in [0.2, 0.25) is 0 Å². The highest BCUT2D eigenvalue weighted by Gasteiger charge is 2.35. The molecule has 1 aliphatic carbocycles. The van der Waals surface area contributed by atoms with E-state index in [1.807, 2.05) is 0 Å². The molecule has 0 aromatic carbocycles. The first-order chi connectivity index (χ1) is 8.75. The molecule has 2 atom stereocenters. The summed E-state index contributed by atoms with van der Waals surface area (Å²) in [7, 11) is 1.52. The van der Waals surface area contributed by atoms with Gasteiger partial charge < -0.3 is 15.3 Å². The van der Waals surface area contributed by atoms with E-state index >= 15 is 0 Å². The Morgan fingerprint density at radius 1 is 1.37 bits per heavy atom. The van der Waals surface area contributed by atoms with Crippen molar-refractivity contribution < 1.29 is 14.7 Å². The molecule has 5 nitrogen and oxygen atoms in total. The minimum absolute atomic E-state index is 0.314. The summed E-state index contributed by atoms with van der Waals surface area (Å²) in [6.45, 7) is 5.94. The van der Waals surface area contributed by atoms with E-state index in [0.717, 1.165) is 18.8 Å². The van der Waals surface area contributed by atoms with Crippen molar-refractivity contribution in [3.05, 3.63) is 0 Å². The molecule has 2 amide bonds. The second-order valence-corrected chi connectivity index (χ2v) is 6.25. The van der Waals surface area contributed by atoms with Crippen LogP contribution >= 0.6 is 0 Å². The number of hydrogen-bond acceptors (Lipinski definition) is 2. The lowest BCUT2D eigenvalue weighted by atomic mass is 9.82. The van der Waals surface area contributed by atoms with Crippen LogP contribution in [-0.4, -0.2) is 41.1 Å². The van der Waals surface area contributed by atoms with Gasteiger partial charge >= 0.3 is 12.0 Å². The zero-order chi connectivity index (χ0) is 14.6. The molecule has 2 N–H and O–H groups in total. The number of rotatable bonds is 4. The van der Waals surface area contributed by atoms with Crippen LogP contribution in [0.25, 0.3) is 0 Å². The molecular formula is C14H26N2O3. The third kappa shape index (κ3) is 4.11. The van der Waals surface area contributed by atoms with E-state index in [-0.39, 0.29) is 6.03 Å². The van der Waals surface area contributed by atoms with E-state index in [4.69, 9.17) is 5.11 Å². The van der Waals surface area contributed by atoms with Gasteiger partial charge in [0, 0.05) is 13.6 Å². The number of nitrogens with one attached hydrogen (secondary N) is 1. The highest BCUT2D eigenvalue weighted by atomic mass is 16.4. The van der Waals surface area contributed by atoms with Gasteiger partial charge in [-0.2, -0.15) is 0 Å². The maximum Gasteiger partial charge on any atom is 0.329 e. The third-order valence-corrected chi connectivity index (χ3v) is 4.25. The highest BCUT2D eigenvalue weighted by molar-refractivity contribution is 5.85. The van der Waals surface area contributed by atoms with Gasteiger partial charge in [0.05, 0.1) is 0 Å². The number of amides is 2. The van der Waals surface area contributed by atoms with Gasteiger partial charge in [0.15, 0.2) is 0 Å². The number of carboxylic acid groups (broad SMARTS) is 1. The number of carboxylic acids is 1. The number of likely N-dealkylation sites (N-methyl/N-ethyl adjacent to an activating group) is 1. The predicted octanol–water partition coefficient (Wildman–Crippen LogP) is 2.32. The maximum atomic E-state index is 12.0. The summed E-state index contributed by atoms with van der Waals surface area (Å²) < 4.78 is 0. The van der Waals surface area contributed by atoms with Crippen LogP contribution in [0.5, 0.6) is 0 Å². The topological polar surface area (TPSA) is 69.6 Å². The van der Waals surface area contributed by atoms with Gasteiger partial charge in [-0.3, -0.25) is 0 Å². The Morgan fingerprint density at radius 2 is 2.00 bits per heavy atom. The molecule has 0 saturated heterocycles. The number of urea groups is 1. The van der Waals surface area contributed by atoms with Crippen molar-refractivity contribution >= 4 is 12.0 Å². The number of carbonyl (C=O) groups is 2. The second kappa shape index (κ2) is 6.26. The standard InChI is InChI=1S/C14H26N2O3/c1-10-6-5-7-11(8-10)9-15-13(19)16(4)14(2,3)12(17)18/h10-11H,5-9H2,1-4H3,(H,15,19)(H,17,18). The summed E-state index contributed by atoms with van der Waals surface area (Å²) >= 11 is 0. The van der Waals surface area contributed by atoms with Crippen LogP contribution in [0.4, 0.5) is 4.79 Å². The number of aliphatic carboxylic acids is 1. The predicted molar refractivity (Wildman–Crippen MR) is 74.0 cm³/mol. The Kier molecular flexibility index (Phi) is 5.20.